The summed E-state index contributed by atoms with van der Waals surface area (Å²) in [6.45, 7) is 23.0. The third-order valence-corrected chi connectivity index (χ3v) is 17.3. The fourth-order valence-corrected chi connectivity index (χ4v) is 13.3. The van der Waals surface area contributed by atoms with Crippen LogP contribution in [-0.4, -0.2) is 4.57 Å². The molecule has 0 radical (unpaired) electrons. The number of benzene rings is 7. The topological polar surface area (TPSA) is 18.1 Å². The first-order valence-corrected chi connectivity index (χ1v) is 26.1. The number of aryl methyl sites for hydroxylation is 1. The fraction of sp³-hybridized carbons (Fsp3) is 0.176. The average Bonchev–Trinajstić information content (AvgIpc) is 4.12. The molecule has 7 aromatic carbocycles. The number of hydrogen-bond acceptors (Lipinski definition) is 2. The maximum absolute atomic E-state index is 6.33. The summed E-state index contributed by atoms with van der Waals surface area (Å²) in [6, 6.07) is 58.4. The van der Waals surface area contributed by atoms with Gasteiger partial charge in [0.2, 0.25) is 0 Å². The summed E-state index contributed by atoms with van der Waals surface area (Å²) in [7, 11) is 0. The highest BCUT2D eigenvalue weighted by Gasteiger charge is 2.36. The van der Waals surface area contributed by atoms with E-state index in [0.717, 1.165) is 82.3 Å². The molecule has 2 atom stereocenters. The maximum atomic E-state index is 6.33. The Morgan fingerprint density at radius 1 is 0.690 bits per heavy atom. The van der Waals surface area contributed by atoms with Gasteiger partial charge in [-0.2, -0.15) is 0 Å². The average molecular weight is 938 g/mol. The molecule has 0 aliphatic heterocycles. The summed E-state index contributed by atoms with van der Waals surface area (Å²) in [5.41, 5.74) is 21.2. The monoisotopic (exact) mass is 937 g/mol. The van der Waals surface area contributed by atoms with Gasteiger partial charge in [0, 0.05) is 53.2 Å². The number of furan rings is 1. The predicted octanol–water partition coefficient (Wildman–Crippen LogP) is 19.5. The second-order valence-electron chi connectivity index (χ2n) is 20.5. The van der Waals surface area contributed by atoms with Gasteiger partial charge in [0.05, 0.1) is 11.2 Å². The molecule has 3 aromatic heterocycles. The van der Waals surface area contributed by atoms with Crippen molar-refractivity contribution in [2.24, 2.45) is 5.92 Å². The number of aromatic nitrogens is 1. The SMILES string of the molecule is C=Cc1c(-c2c(C)oc3ccccc23)n(C(=C)CCC(=C)C2=CC=C(C(C)C(Cc3ccc4c(c3)C(C)(C)c3ccccc3-4)c3ccc(-c4ccc5sc6ccccc6c5c4)cc3)CC2)c2ccccc12. The minimum Gasteiger partial charge on any atom is -0.461 e. The lowest BCUT2D eigenvalue weighted by atomic mass is 9.75. The van der Waals surface area contributed by atoms with Crippen LogP contribution in [0.1, 0.15) is 85.9 Å². The zero-order valence-electron chi connectivity index (χ0n) is 41.3. The molecular weight excluding hydrogens is 879 g/mol. The standard InChI is InChI=1S/C68H59NOS/c1-8-52-55-18-10-14-22-62(55)69(67(52)66-45(5)70-63-23-15-11-20-57(63)66)43(3)26-25-42(2)47-28-30-48(31-29-47)44(4)58(39-46-27-37-54-53-17-9-13-21-60(53)68(6,7)61(54)40-46)50-34-32-49(33-35-50)51-36-38-65-59(41-51)56-19-12-16-24-64(56)71-65/h8-24,27-28,30,32-38,40-41,44,58H,1-3,25-26,29,31,39H2,4-7H3. The number of hydrogen-bond donors (Lipinski definition) is 0. The van der Waals surface area contributed by atoms with Crippen molar-refractivity contribution in [2.45, 2.75) is 71.1 Å². The van der Waals surface area contributed by atoms with E-state index in [1.165, 1.54) is 81.4 Å². The first-order chi connectivity index (χ1) is 34.6. The highest BCUT2D eigenvalue weighted by atomic mass is 32.1. The molecule has 0 bridgehead atoms. The fourth-order valence-electron chi connectivity index (χ4n) is 12.2. The molecule has 0 saturated carbocycles. The number of allylic oxidation sites excluding steroid dienone is 6. The van der Waals surface area contributed by atoms with Gasteiger partial charge >= 0.3 is 0 Å². The van der Waals surface area contributed by atoms with Crippen molar-refractivity contribution in [1.82, 2.24) is 4.57 Å². The first-order valence-electron chi connectivity index (χ1n) is 25.3. The van der Waals surface area contributed by atoms with Crippen LogP contribution in [0.25, 0.3) is 87.3 Å². The van der Waals surface area contributed by atoms with E-state index in [2.05, 4.69) is 197 Å². The quantitative estimate of drug-likeness (QED) is 0.113. The normalized spacial score (nSPS) is 14.9. The molecular formula is C68H59NOS. The van der Waals surface area contributed by atoms with Crippen LogP contribution in [0, 0.1) is 12.8 Å². The van der Waals surface area contributed by atoms with E-state index in [4.69, 9.17) is 17.6 Å². The largest absolute Gasteiger partial charge is 0.461 e. The summed E-state index contributed by atoms with van der Waals surface area (Å²) in [5, 5.41) is 4.93. The summed E-state index contributed by atoms with van der Waals surface area (Å²) < 4.78 is 11.4. The van der Waals surface area contributed by atoms with E-state index in [1.807, 2.05) is 29.5 Å². The lowest BCUT2D eigenvalue weighted by molar-refractivity contribution is 0.500. The Labute approximate surface area is 422 Å². The van der Waals surface area contributed by atoms with Gasteiger partial charge in [0.1, 0.15) is 11.3 Å². The van der Waals surface area contributed by atoms with Gasteiger partial charge in [-0.05, 0) is 131 Å². The minimum absolute atomic E-state index is 0.0400. The molecule has 12 rings (SSSR count). The Hall–Kier alpha value is -7.46. The zero-order valence-corrected chi connectivity index (χ0v) is 42.1. The molecule has 2 aliphatic carbocycles. The summed E-state index contributed by atoms with van der Waals surface area (Å²) in [6.07, 6.45) is 11.3. The number of para-hydroxylation sites is 2. The number of nitrogens with zero attached hydrogens (tertiary/aromatic N) is 1. The van der Waals surface area contributed by atoms with Crippen molar-refractivity contribution >= 4 is 65.2 Å². The lowest BCUT2D eigenvalue weighted by Gasteiger charge is -2.30. The molecule has 3 heterocycles. The highest BCUT2D eigenvalue weighted by molar-refractivity contribution is 7.25. The zero-order chi connectivity index (χ0) is 48.5. The molecule has 0 saturated heterocycles. The smallest absolute Gasteiger partial charge is 0.134 e. The summed E-state index contributed by atoms with van der Waals surface area (Å²) >= 11 is 1.88. The Morgan fingerprint density at radius 3 is 2.20 bits per heavy atom. The van der Waals surface area contributed by atoms with E-state index in [1.54, 1.807) is 0 Å². The summed E-state index contributed by atoms with van der Waals surface area (Å²) in [5.74, 6) is 1.52. The third-order valence-electron chi connectivity index (χ3n) is 16.1. The molecule has 0 amide bonds. The van der Waals surface area contributed by atoms with Crippen LogP contribution in [0.15, 0.2) is 211 Å². The van der Waals surface area contributed by atoms with E-state index in [9.17, 15) is 0 Å². The number of fused-ring (bicyclic) bond motifs is 8. The number of rotatable bonds is 13. The molecule has 348 valence electrons. The second-order valence-corrected chi connectivity index (χ2v) is 21.6. The Morgan fingerprint density at radius 2 is 1.39 bits per heavy atom. The van der Waals surface area contributed by atoms with E-state index in [0.29, 0.717) is 11.8 Å². The van der Waals surface area contributed by atoms with Crippen LogP contribution in [-0.2, 0) is 11.8 Å². The lowest BCUT2D eigenvalue weighted by Crippen LogP contribution is -2.18. The predicted molar refractivity (Wildman–Crippen MR) is 305 cm³/mol. The van der Waals surface area contributed by atoms with Crippen LogP contribution >= 0.6 is 11.3 Å². The van der Waals surface area contributed by atoms with Crippen molar-refractivity contribution in [3.63, 3.8) is 0 Å². The van der Waals surface area contributed by atoms with Crippen LogP contribution in [0.3, 0.4) is 0 Å². The Kier molecular flexibility index (Phi) is 11.2. The van der Waals surface area contributed by atoms with E-state index in [-0.39, 0.29) is 5.41 Å². The van der Waals surface area contributed by atoms with Gasteiger partial charge in [-0.25, -0.2) is 0 Å². The van der Waals surface area contributed by atoms with E-state index >= 15 is 0 Å². The number of thiophene rings is 1. The van der Waals surface area contributed by atoms with Crippen LogP contribution in [0.5, 0.6) is 0 Å². The van der Waals surface area contributed by atoms with Gasteiger partial charge in [-0.15, -0.1) is 11.3 Å². The van der Waals surface area contributed by atoms with Gasteiger partial charge in [0.15, 0.2) is 0 Å². The molecule has 3 heteroatoms. The third kappa shape index (κ3) is 7.61. The van der Waals surface area contributed by atoms with Crippen molar-refractivity contribution in [2.75, 3.05) is 0 Å². The molecule has 0 spiro atoms. The molecule has 0 N–H and O–H groups in total. The van der Waals surface area contributed by atoms with Gasteiger partial charge < -0.3 is 8.98 Å². The van der Waals surface area contributed by atoms with E-state index < -0.39 is 0 Å². The van der Waals surface area contributed by atoms with Crippen LogP contribution < -0.4 is 0 Å². The minimum atomic E-state index is -0.0400. The molecule has 0 fully saturated rings. The Balaban J connectivity index is 0.827. The van der Waals surface area contributed by atoms with Gasteiger partial charge in [-0.3, -0.25) is 0 Å². The van der Waals surface area contributed by atoms with Crippen molar-refractivity contribution in [3.8, 4) is 33.5 Å². The molecule has 2 nitrogen and oxygen atoms in total. The van der Waals surface area contributed by atoms with Crippen LogP contribution in [0.2, 0.25) is 0 Å². The molecule has 10 aromatic rings. The highest BCUT2D eigenvalue weighted by Crippen LogP contribution is 2.50. The molecule has 2 aliphatic rings. The second kappa shape index (κ2) is 17.7. The van der Waals surface area contributed by atoms with Gasteiger partial charge in [0.25, 0.3) is 0 Å². The van der Waals surface area contributed by atoms with Crippen LogP contribution in [0.4, 0.5) is 0 Å². The molecule has 71 heavy (non-hydrogen) atoms. The summed E-state index contributed by atoms with van der Waals surface area (Å²) in [4.78, 5) is 0. The van der Waals surface area contributed by atoms with Gasteiger partial charge in [-0.1, -0.05) is 197 Å². The maximum Gasteiger partial charge on any atom is 0.134 e. The molecule has 2 unspecified atom stereocenters. The first kappa shape index (κ1) is 44.7. The van der Waals surface area contributed by atoms with Crippen molar-refractivity contribution in [1.29, 1.82) is 0 Å². The van der Waals surface area contributed by atoms with Crippen molar-refractivity contribution in [3.05, 3.63) is 240 Å². The van der Waals surface area contributed by atoms with Crippen molar-refractivity contribution < 1.29 is 4.42 Å². The Bertz CT molecular complexity index is 3860.